The van der Waals surface area contributed by atoms with E-state index in [0.717, 1.165) is 57.1 Å². The molecule has 4 nitrogen and oxygen atoms in total. The molecule has 2 aromatic carbocycles. The Balaban J connectivity index is 1.23. The molecule has 5 rings (SSSR count). The number of fused-ring (bicyclic) bond motifs is 1. The van der Waals surface area contributed by atoms with Crippen LogP contribution in [0.25, 0.3) is 10.9 Å². The molecule has 3 heterocycles. The first-order chi connectivity index (χ1) is 15.7. The zero-order valence-electron chi connectivity index (χ0n) is 18.7. The van der Waals surface area contributed by atoms with Gasteiger partial charge in [-0.1, -0.05) is 42.5 Å². The van der Waals surface area contributed by atoms with Gasteiger partial charge in [0.05, 0.1) is 10.9 Å². The Morgan fingerprint density at radius 2 is 1.75 bits per heavy atom. The molecule has 2 aliphatic rings. The van der Waals surface area contributed by atoms with Crippen LogP contribution in [0.1, 0.15) is 36.8 Å². The maximum absolute atomic E-state index is 13.8. The smallest absolute Gasteiger partial charge is 0.229 e. The third kappa shape index (κ3) is 4.56. The lowest BCUT2D eigenvalue weighted by Crippen LogP contribution is -2.50. The minimum Gasteiger partial charge on any atom is -0.381 e. The van der Waals surface area contributed by atoms with E-state index in [0.29, 0.717) is 25.0 Å². The summed E-state index contributed by atoms with van der Waals surface area (Å²) in [7, 11) is 0. The van der Waals surface area contributed by atoms with Gasteiger partial charge in [-0.25, -0.2) is 0 Å². The van der Waals surface area contributed by atoms with Crippen LogP contribution in [-0.4, -0.2) is 42.1 Å². The number of carbonyl (C=O) groups excluding carboxylic acids is 1. The van der Waals surface area contributed by atoms with Gasteiger partial charge in [0.1, 0.15) is 0 Å². The van der Waals surface area contributed by atoms with Gasteiger partial charge in [-0.15, -0.1) is 0 Å². The van der Waals surface area contributed by atoms with E-state index in [1.807, 2.05) is 18.3 Å². The molecule has 1 aromatic heterocycles. The molecule has 0 saturated carbocycles. The molecule has 2 saturated heterocycles. The highest BCUT2D eigenvalue weighted by atomic mass is 16.5. The van der Waals surface area contributed by atoms with Gasteiger partial charge in [-0.05, 0) is 73.8 Å². The van der Waals surface area contributed by atoms with Crippen molar-refractivity contribution in [2.24, 2.45) is 11.3 Å². The molecular weight excluding hydrogens is 396 g/mol. The van der Waals surface area contributed by atoms with E-state index in [1.165, 1.54) is 16.5 Å². The number of amides is 1. The zero-order chi connectivity index (χ0) is 21.8. The fourth-order valence-electron chi connectivity index (χ4n) is 5.48. The minimum absolute atomic E-state index is 0.308. The average Bonchev–Trinajstić information content (AvgIpc) is 2.85. The zero-order valence-corrected chi connectivity index (χ0v) is 18.7. The largest absolute Gasteiger partial charge is 0.381 e. The maximum atomic E-state index is 13.8. The summed E-state index contributed by atoms with van der Waals surface area (Å²) in [6.07, 6.45) is 7.55. The molecular formula is C28H32N2O2. The van der Waals surface area contributed by atoms with Crippen LogP contribution in [0.4, 0.5) is 0 Å². The van der Waals surface area contributed by atoms with Crippen molar-refractivity contribution < 1.29 is 9.53 Å². The van der Waals surface area contributed by atoms with Crippen molar-refractivity contribution >= 4 is 16.8 Å². The van der Waals surface area contributed by atoms with Crippen molar-refractivity contribution in [1.29, 1.82) is 0 Å². The van der Waals surface area contributed by atoms with E-state index < -0.39 is 0 Å². The van der Waals surface area contributed by atoms with Crippen molar-refractivity contribution in [3.63, 3.8) is 0 Å². The lowest BCUT2D eigenvalue weighted by Gasteiger charge is -2.42. The first-order valence-electron chi connectivity index (χ1n) is 12.0. The van der Waals surface area contributed by atoms with Crippen molar-refractivity contribution in [3.05, 3.63) is 78.0 Å². The fraction of sp³-hybridized carbons (Fsp3) is 0.429. The Morgan fingerprint density at radius 3 is 2.53 bits per heavy atom. The molecule has 0 spiro atoms. The summed E-state index contributed by atoms with van der Waals surface area (Å²) in [5.41, 5.74) is 3.37. The number of hydrogen-bond donors (Lipinski definition) is 0. The van der Waals surface area contributed by atoms with Gasteiger partial charge in [0.15, 0.2) is 0 Å². The van der Waals surface area contributed by atoms with Crippen LogP contribution in [0.3, 0.4) is 0 Å². The molecule has 32 heavy (non-hydrogen) atoms. The van der Waals surface area contributed by atoms with Crippen LogP contribution < -0.4 is 0 Å². The third-order valence-corrected chi connectivity index (χ3v) is 7.38. The number of benzene rings is 2. The van der Waals surface area contributed by atoms with E-state index in [-0.39, 0.29) is 5.41 Å². The van der Waals surface area contributed by atoms with Crippen molar-refractivity contribution in [2.75, 3.05) is 26.3 Å². The van der Waals surface area contributed by atoms with E-state index in [9.17, 15) is 4.79 Å². The second kappa shape index (κ2) is 9.41. The Bertz CT molecular complexity index is 1050. The van der Waals surface area contributed by atoms with E-state index in [4.69, 9.17) is 4.74 Å². The van der Waals surface area contributed by atoms with Crippen LogP contribution >= 0.6 is 0 Å². The van der Waals surface area contributed by atoms with Crippen molar-refractivity contribution in [2.45, 2.75) is 38.5 Å². The van der Waals surface area contributed by atoms with E-state index in [1.54, 1.807) is 0 Å². The summed E-state index contributed by atoms with van der Waals surface area (Å²) in [6, 6.07) is 21.2. The molecule has 0 bridgehead atoms. The van der Waals surface area contributed by atoms with Crippen LogP contribution in [0.5, 0.6) is 0 Å². The Hall–Kier alpha value is -2.72. The number of pyridine rings is 1. The van der Waals surface area contributed by atoms with Crippen LogP contribution in [0, 0.1) is 11.3 Å². The predicted octanol–water partition coefficient (Wildman–Crippen LogP) is 5.06. The number of likely N-dealkylation sites (tertiary alicyclic amines) is 1. The summed E-state index contributed by atoms with van der Waals surface area (Å²) in [4.78, 5) is 20.3. The lowest BCUT2D eigenvalue weighted by atomic mass is 9.73. The molecule has 0 radical (unpaired) electrons. The van der Waals surface area contributed by atoms with Crippen LogP contribution in [0.2, 0.25) is 0 Å². The van der Waals surface area contributed by atoms with Crippen LogP contribution in [0.15, 0.2) is 66.9 Å². The molecule has 2 aliphatic heterocycles. The summed E-state index contributed by atoms with van der Waals surface area (Å²) in [5.74, 6) is 0.979. The number of carbonyl (C=O) groups is 1. The monoisotopic (exact) mass is 428 g/mol. The molecule has 0 unspecified atom stereocenters. The standard InChI is InChI=1S/C28H32N2O2/c31-27(28(12-17-32-18-13-28)21-23-5-2-1-3-6-23)30-15-10-22(11-16-30)19-24-8-9-26-25(20-24)7-4-14-29-26/h1-9,14,20,22H,10-13,15-19,21H2. The minimum atomic E-state index is -0.308. The second-order valence-electron chi connectivity index (χ2n) is 9.53. The van der Waals surface area contributed by atoms with Gasteiger partial charge in [-0.3, -0.25) is 9.78 Å². The third-order valence-electron chi connectivity index (χ3n) is 7.38. The predicted molar refractivity (Wildman–Crippen MR) is 127 cm³/mol. The SMILES string of the molecule is O=C(N1CCC(Cc2ccc3ncccc3c2)CC1)C1(Cc2ccccc2)CCOCC1. The number of hydrogen-bond acceptors (Lipinski definition) is 3. The molecule has 166 valence electrons. The van der Waals surface area contributed by atoms with Gasteiger partial charge in [0, 0.05) is 37.9 Å². The fourth-order valence-corrected chi connectivity index (χ4v) is 5.48. The Labute approximate surface area is 190 Å². The maximum Gasteiger partial charge on any atom is 0.229 e. The second-order valence-corrected chi connectivity index (χ2v) is 9.53. The first kappa shape index (κ1) is 21.1. The number of piperidine rings is 1. The van der Waals surface area contributed by atoms with Gasteiger partial charge in [0.25, 0.3) is 0 Å². The molecule has 1 amide bonds. The molecule has 0 aliphatic carbocycles. The van der Waals surface area contributed by atoms with Gasteiger partial charge < -0.3 is 9.64 Å². The normalized spacial score (nSPS) is 19.2. The summed E-state index contributed by atoms with van der Waals surface area (Å²) >= 11 is 0. The topological polar surface area (TPSA) is 42.4 Å². The quantitative estimate of drug-likeness (QED) is 0.571. The van der Waals surface area contributed by atoms with Gasteiger partial charge in [0.2, 0.25) is 5.91 Å². The molecule has 3 aromatic rings. The van der Waals surface area contributed by atoms with Gasteiger partial charge in [-0.2, -0.15) is 0 Å². The average molecular weight is 429 g/mol. The van der Waals surface area contributed by atoms with Gasteiger partial charge >= 0.3 is 0 Å². The van der Waals surface area contributed by atoms with Crippen molar-refractivity contribution in [1.82, 2.24) is 9.88 Å². The first-order valence-corrected chi connectivity index (χ1v) is 12.0. The molecule has 2 fully saturated rings. The van der Waals surface area contributed by atoms with E-state index in [2.05, 4.69) is 58.4 Å². The number of ether oxygens (including phenoxy) is 1. The highest BCUT2D eigenvalue weighted by molar-refractivity contribution is 5.83. The summed E-state index contributed by atoms with van der Waals surface area (Å²) in [5, 5.41) is 1.21. The summed E-state index contributed by atoms with van der Waals surface area (Å²) in [6.45, 7) is 3.11. The number of nitrogens with zero attached hydrogens (tertiary/aromatic N) is 2. The molecule has 0 atom stereocenters. The Kier molecular flexibility index (Phi) is 6.22. The summed E-state index contributed by atoms with van der Waals surface area (Å²) < 4.78 is 5.64. The Morgan fingerprint density at radius 1 is 0.969 bits per heavy atom. The number of rotatable bonds is 5. The lowest BCUT2D eigenvalue weighted by molar-refractivity contribution is -0.149. The molecule has 0 N–H and O–H groups in total. The van der Waals surface area contributed by atoms with Crippen LogP contribution in [-0.2, 0) is 22.4 Å². The highest BCUT2D eigenvalue weighted by Gasteiger charge is 2.43. The number of aromatic nitrogens is 1. The van der Waals surface area contributed by atoms with E-state index >= 15 is 0 Å². The highest BCUT2D eigenvalue weighted by Crippen LogP contribution is 2.38. The van der Waals surface area contributed by atoms with Crippen molar-refractivity contribution in [3.8, 4) is 0 Å². The molecule has 4 heteroatoms.